The third-order valence-electron chi connectivity index (χ3n) is 4.52. The van der Waals surface area contributed by atoms with Crippen LogP contribution in [0.1, 0.15) is 64.4 Å². The number of benzene rings is 1. The van der Waals surface area contributed by atoms with Crippen LogP contribution in [0.25, 0.3) is 0 Å². The Kier molecular flexibility index (Phi) is 10.3. The topological polar surface area (TPSA) is 87.0 Å². The summed E-state index contributed by atoms with van der Waals surface area (Å²) in [5.74, 6) is 0.696. The van der Waals surface area contributed by atoms with Crippen LogP contribution in [0.4, 0.5) is 4.79 Å². The highest BCUT2D eigenvalue weighted by molar-refractivity contribution is 5.65. The van der Waals surface area contributed by atoms with E-state index in [1.807, 2.05) is 6.07 Å². The highest BCUT2D eigenvalue weighted by Gasteiger charge is 2.25. The molecule has 1 aliphatic rings. The summed E-state index contributed by atoms with van der Waals surface area (Å²) in [6, 6.07) is 6.70. The monoisotopic (exact) mass is 405 g/mol. The summed E-state index contributed by atoms with van der Waals surface area (Å²) in [6.07, 6.45) is 5.78. The molecule has 1 saturated heterocycles. The number of nitrogens with zero attached hydrogens (tertiary/aromatic N) is 1. The summed E-state index contributed by atoms with van der Waals surface area (Å²) in [6.45, 7) is 5.33. The van der Waals surface area contributed by atoms with Gasteiger partial charge in [-0.2, -0.15) is 5.26 Å². The predicted molar refractivity (Wildman–Crippen MR) is 107 cm³/mol. The minimum Gasteiger partial charge on any atom is -0.492 e. The number of ether oxygens (including phenoxy) is 5. The number of hydrogen-bond acceptors (Lipinski definition) is 7. The number of unbranched alkanes of at least 4 members (excludes halogenated alkanes) is 4. The molecule has 0 radical (unpaired) electrons. The van der Waals surface area contributed by atoms with E-state index in [2.05, 4.69) is 13.8 Å². The van der Waals surface area contributed by atoms with Crippen molar-refractivity contribution in [2.75, 3.05) is 19.8 Å². The molecule has 1 aromatic carbocycles. The first-order chi connectivity index (χ1) is 14.2. The van der Waals surface area contributed by atoms with Gasteiger partial charge in [-0.3, -0.25) is 0 Å². The summed E-state index contributed by atoms with van der Waals surface area (Å²) >= 11 is 0. The third-order valence-corrected chi connectivity index (χ3v) is 4.52. The zero-order valence-electron chi connectivity index (χ0n) is 17.4. The number of nitriles is 1. The lowest BCUT2D eigenvalue weighted by Gasteiger charge is -2.28. The fourth-order valence-electron chi connectivity index (χ4n) is 2.87. The van der Waals surface area contributed by atoms with Crippen molar-refractivity contribution in [3.8, 4) is 17.6 Å². The summed E-state index contributed by atoms with van der Waals surface area (Å²) < 4.78 is 27.2. The van der Waals surface area contributed by atoms with Gasteiger partial charge in [-0.25, -0.2) is 4.79 Å². The van der Waals surface area contributed by atoms with Crippen LogP contribution in [0.5, 0.6) is 11.5 Å². The molecule has 7 nitrogen and oxygen atoms in total. The summed E-state index contributed by atoms with van der Waals surface area (Å²) in [5.41, 5.74) is 0.307. The standard InChI is InChI=1S/C22H31NO6/c1-3-5-7-8-9-21-26-15-19(16-27-21)29-22(24)28-18-10-11-20(17(13-18)14-23)25-12-6-4-2/h10-11,13,19,21H,3-9,12,15-16H2,1-2H3. The van der Waals surface area contributed by atoms with Crippen LogP contribution in [0.2, 0.25) is 0 Å². The second-order valence-corrected chi connectivity index (χ2v) is 7.01. The predicted octanol–water partition coefficient (Wildman–Crippen LogP) is 4.96. The van der Waals surface area contributed by atoms with Gasteiger partial charge in [0.15, 0.2) is 12.4 Å². The molecule has 0 amide bonds. The first-order valence-corrected chi connectivity index (χ1v) is 10.4. The number of rotatable bonds is 11. The van der Waals surface area contributed by atoms with Crippen LogP contribution in [-0.4, -0.2) is 38.4 Å². The molecule has 0 saturated carbocycles. The van der Waals surface area contributed by atoms with E-state index in [9.17, 15) is 10.1 Å². The van der Waals surface area contributed by atoms with E-state index in [0.717, 1.165) is 25.7 Å². The first-order valence-electron chi connectivity index (χ1n) is 10.4. The van der Waals surface area contributed by atoms with Crippen molar-refractivity contribution < 1.29 is 28.5 Å². The Hall–Kier alpha value is -2.30. The van der Waals surface area contributed by atoms with Crippen LogP contribution in [0, 0.1) is 11.3 Å². The molecule has 1 aromatic rings. The van der Waals surface area contributed by atoms with Crippen molar-refractivity contribution in [3.63, 3.8) is 0 Å². The maximum Gasteiger partial charge on any atom is 0.514 e. The van der Waals surface area contributed by atoms with Crippen molar-refractivity contribution in [1.29, 1.82) is 5.26 Å². The Labute approximate surface area is 172 Å². The lowest BCUT2D eigenvalue weighted by atomic mass is 10.1. The van der Waals surface area contributed by atoms with Gasteiger partial charge < -0.3 is 23.7 Å². The van der Waals surface area contributed by atoms with Gasteiger partial charge in [0, 0.05) is 6.07 Å². The zero-order chi connectivity index (χ0) is 20.9. The molecule has 0 unspecified atom stereocenters. The largest absolute Gasteiger partial charge is 0.514 e. The van der Waals surface area contributed by atoms with Gasteiger partial charge in [-0.1, -0.05) is 39.5 Å². The van der Waals surface area contributed by atoms with E-state index in [1.165, 1.54) is 25.3 Å². The lowest BCUT2D eigenvalue weighted by molar-refractivity contribution is -0.220. The van der Waals surface area contributed by atoms with Gasteiger partial charge in [-0.15, -0.1) is 0 Å². The fraction of sp³-hybridized carbons (Fsp3) is 0.636. The van der Waals surface area contributed by atoms with E-state index >= 15 is 0 Å². The van der Waals surface area contributed by atoms with E-state index in [4.69, 9.17) is 23.7 Å². The average Bonchev–Trinajstić information content (AvgIpc) is 2.73. The van der Waals surface area contributed by atoms with Crippen LogP contribution in [-0.2, 0) is 14.2 Å². The van der Waals surface area contributed by atoms with Gasteiger partial charge in [0.25, 0.3) is 0 Å². The summed E-state index contributed by atoms with van der Waals surface area (Å²) in [7, 11) is 0. The highest BCUT2D eigenvalue weighted by Crippen LogP contribution is 2.24. The second-order valence-electron chi connectivity index (χ2n) is 7.01. The van der Waals surface area contributed by atoms with E-state index < -0.39 is 12.3 Å². The molecule has 2 rings (SSSR count). The molecule has 7 heteroatoms. The highest BCUT2D eigenvalue weighted by atomic mass is 16.8. The van der Waals surface area contributed by atoms with Crippen molar-refractivity contribution in [3.05, 3.63) is 23.8 Å². The van der Waals surface area contributed by atoms with E-state index in [0.29, 0.717) is 17.9 Å². The molecule has 1 heterocycles. The summed E-state index contributed by atoms with van der Waals surface area (Å²) in [5, 5.41) is 9.28. The number of hydrogen-bond donors (Lipinski definition) is 0. The minimum atomic E-state index is -0.855. The molecular formula is C22H31NO6. The van der Waals surface area contributed by atoms with Gasteiger partial charge in [0.05, 0.1) is 25.4 Å². The molecule has 1 aliphatic heterocycles. The molecule has 1 fully saturated rings. The van der Waals surface area contributed by atoms with Crippen molar-refractivity contribution in [2.45, 2.75) is 71.2 Å². The third kappa shape index (κ3) is 8.30. The Morgan fingerprint density at radius 1 is 1.14 bits per heavy atom. The Balaban J connectivity index is 1.74. The smallest absolute Gasteiger partial charge is 0.492 e. The lowest BCUT2D eigenvalue weighted by Crippen LogP contribution is -2.39. The van der Waals surface area contributed by atoms with Gasteiger partial charge in [-0.05, 0) is 31.4 Å². The fourth-order valence-corrected chi connectivity index (χ4v) is 2.87. The van der Waals surface area contributed by atoms with Gasteiger partial charge in [0.2, 0.25) is 0 Å². The summed E-state index contributed by atoms with van der Waals surface area (Å²) in [4.78, 5) is 12.0. The van der Waals surface area contributed by atoms with Gasteiger partial charge >= 0.3 is 6.16 Å². The molecule has 0 atom stereocenters. The Morgan fingerprint density at radius 2 is 1.90 bits per heavy atom. The van der Waals surface area contributed by atoms with Gasteiger partial charge in [0.1, 0.15) is 17.6 Å². The maximum absolute atomic E-state index is 12.0. The molecule has 29 heavy (non-hydrogen) atoms. The second kappa shape index (κ2) is 13.0. The Bertz CT molecular complexity index is 664. The molecular weight excluding hydrogens is 374 g/mol. The zero-order valence-corrected chi connectivity index (χ0v) is 17.4. The van der Waals surface area contributed by atoms with Crippen molar-refractivity contribution in [1.82, 2.24) is 0 Å². The van der Waals surface area contributed by atoms with Crippen LogP contribution in [0.3, 0.4) is 0 Å². The quantitative estimate of drug-likeness (QED) is 0.292. The van der Waals surface area contributed by atoms with E-state index in [-0.39, 0.29) is 25.3 Å². The molecule has 0 bridgehead atoms. The number of carbonyl (C=O) groups is 1. The van der Waals surface area contributed by atoms with Crippen molar-refractivity contribution >= 4 is 6.16 Å². The maximum atomic E-state index is 12.0. The van der Waals surface area contributed by atoms with Crippen LogP contribution < -0.4 is 9.47 Å². The normalized spacial score (nSPS) is 18.7. The van der Waals surface area contributed by atoms with Crippen LogP contribution >= 0.6 is 0 Å². The van der Waals surface area contributed by atoms with Crippen molar-refractivity contribution in [2.24, 2.45) is 0 Å². The molecule has 160 valence electrons. The average molecular weight is 405 g/mol. The number of carbonyl (C=O) groups excluding carboxylic acids is 1. The SMILES string of the molecule is CCCCCCC1OCC(OC(=O)Oc2ccc(OCCCC)c(C#N)c2)CO1. The minimum absolute atomic E-state index is 0.223. The molecule has 0 N–H and O–H groups in total. The molecule has 0 aliphatic carbocycles. The molecule has 0 spiro atoms. The molecule has 0 aromatic heterocycles. The van der Waals surface area contributed by atoms with Crippen LogP contribution in [0.15, 0.2) is 18.2 Å². The van der Waals surface area contributed by atoms with E-state index in [1.54, 1.807) is 12.1 Å². The first kappa shape index (κ1) is 23.0. The Morgan fingerprint density at radius 3 is 2.59 bits per heavy atom.